The first kappa shape index (κ1) is 22.3. The van der Waals surface area contributed by atoms with E-state index in [4.69, 9.17) is 4.98 Å². The summed E-state index contributed by atoms with van der Waals surface area (Å²) < 4.78 is 0. The number of aromatic nitrogens is 3. The third kappa shape index (κ3) is 4.78. The molecule has 1 fully saturated rings. The van der Waals surface area contributed by atoms with E-state index in [1.165, 1.54) is 17.3 Å². The lowest BCUT2D eigenvalue weighted by Gasteiger charge is -2.35. The number of hydrogen-bond acceptors (Lipinski definition) is 6. The Labute approximate surface area is 194 Å². The molecule has 6 nitrogen and oxygen atoms in total. The SMILES string of the molecule is CSc1ncccc1C(=O)N1CCN(c2nccc(-c3ccc(C(C)(C)C)cc3)n2)CC1. The van der Waals surface area contributed by atoms with E-state index in [0.29, 0.717) is 37.7 Å². The maximum absolute atomic E-state index is 13.0. The lowest BCUT2D eigenvalue weighted by Crippen LogP contribution is -2.49. The molecular weight excluding hydrogens is 418 g/mol. The van der Waals surface area contributed by atoms with E-state index < -0.39 is 0 Å². The fraction of sp³-hybridized carbons (Fsp3) is 0.360. The second-order valence-electron chi connectivity index (χ2n) is 8.91. The van der Waals surface area contributed by atoms with Gasteiger partial charge in [-0.1, -0.05) is 45.0 Å². The topological polar surface area (TPSA) is 62.2 Å². The summed E-state index contributed by atoms with van der Waals surface area (Å²) in [5, 5.41) is 0.772. The van der Waals surface area contributed by atoms with Gasteiger partial charge in [0.25, 0.3) is 5.91 Å². The van der Waals surface area contributed by atoms with Crippen molar-refractivity contribution in [1.29, 1.82) is 0 Å². The quantitative estimate of drug-likeness (QED) is 0.548. The van der Waals surface area contributed by atoms with Gasteiger partial charge in [-0.25, -0.2) is 15.0 Å². The highest BCUT2D eigenvalue weighted by molar-refractivity contribution is 7.98. The molecule has 2 aromatic heterocycles. The van der Waals surface area contributed by atoms with Crippen molar-refractivity contribution in [2.75, 3.05) is 37.3 Å². The molecule has 32 heavy (non-hydrogen) atoms. The number of amides is 1. The molecule has 0 atom stereocenters. The molecule has 1 aromatic carbocycles. The molecule has 0 radical (unpaired) electrons. The first-order valence-electron chi connectivity index (χ1n) is 10.8. The van der Waals surface area contributed by atoms with Gasteiger partial charge in [0.05, 0.1) is 11.3 Å². The molecule has 0 aliphatic carbocycles. The Kier molecular flexibility index (Phi) is 6.46. The molecule has 166 valence electrons. The summed E-state index contributed by atoms with van der Waals surface area (Å²) in [5.41, 5.74) is 4.09. The molecule has 1 aliphatic heterocycles. The molecule has 1 amide bonds. The van der Waals surface area contributed by atoms with Gasteiger partial charge in [-0.3, -0.25) is 4.79 Å². The van der Waals surface area contributed by atoms with Crippen LogP contribution in [0.1, 0.15) is 36.7 Å². The molecule has 1 saturated heterocycles. The Hall–Kier alpha value is -2.93. The average Bonchev–Trinajstić information content (AvgIpc) is 2.83. The van der Waals surface area contributed by atoms with Gasteiger partial charge < -0.3 is 9.80 Å². The van der Waals surface area contributed by atoms with Crippen molar-refractivity contribution in [3.05, 3.63) is 66.0 Å². The number of thioether (sulfide) groups is 1. The number of carbonyl (C=O) groups is 1. The fourth-order valence-corrected chi connectivity index (χ4v) is 4.34. The number of benzene rings is 1. The number of nitrogens with zero attached hydrogens (tertiary/aromatic N) is 5. The van der Waals surface area contributed by atoms with E-state index in [1.54, 1.807) is 6.20 Å². The summed E-state index contributed by atoms with van der Waals surface area (Å²) in [6, 6.07) is 14.2. The van der Waals surface area contributed by atoms with Crippen molar-refractivity contribution in [3.63, 3.8) is 0 Å². The summed E-state index contributed by atoms with van der Waals surface area (Å²) >= 11 is 1.50. The summed E-state index contributed by atoms with van der Waals surface area (Å²) in [4.78, 5) is 30.7. The first-order valence-corrected chi connectivity index (χ1v) is 12.1. The predicted octanol–water partition coefficient (Wildman–Crippen LogP) is 4.52. The minimum atomic E-state index is 0.0377. The molecule has 4 rings (SSSR count). The van der Waals surface area contributed by atoms with Gasteiger partial charge in [0.15, 0.2) is 0 Å². The van der Waals surface area contributed by atoms with Gasteiger partial charge in [0, 0.05) is 44.1 Å². The second-order valence-corrected chi connectivity index (χ2v) is 9.70. The summed E-state index contributed by atoms with van der Waals surface area (Å²) in [6.45, 7) is 9.31. The number of hydrogen-bond donors (Lipinski definition) is 0. The van der Waals surface area contributed by atoms with E-state index >= 15 is 0 Å². The number of pyridine rings is 1. The van der Waals surface area contributed by atoms with Crippen LogP contribution in [0.15, 0.2) is 59.9 Å². The lowest BCUT2D eigenvalue weighted by molar-refractivity contribution is 0.0742. The monoisotopic (exact) mass is 447 g/mol. The fourth-order valence-electron chi connectivity index (χ4n) is 3.80. The molecule has 3 aromatic rings. The van der Waals surface area contributed by atoms with Gasteiger partial charge in [-0.2, -0.15) is 0 Å². The Morgan fingerprint density at radius 1 is 0.938 bits per heavy atom. The van der Waals surface area contributed by atoms with Crippen LogP contribution in [0, 0.1) is 0 Å². The average molecular weight is 448 g/mol. The molecule has 0 spiro atoms. The smallest absolute Gasteiger partial charge is 0.256 e. The number of anilines is 1. The second kappa shape index (κ2) is 9.28. The van der Waals surface area contributed by atoms with Gasteiger partial charge in [0.2, 0.25) is 5.95 Å². The minimum absolute atomic E-state index is 0.0377. The van der Waals surface area contributed by atoms with E-state index in [0.717, 1.165) is 16.3 Å². The summed E-state index contributed by atoms with van der Waals surface area (Å²) in [6.07, 6.45) is 5.48. The van der Waals surface area contributed by atoms with Crippen LogP contribution in [-0.4, -0.2) is 58.2 Å². The van der Waals surface area contributed by atoms with Crippen molar-refractivity contribution >= 4 is 23.6 Å². The standard InChI is InChI=1S/C25H29N5OS/c1-25(2,3)19-9-7-18(8-10-19)21-11-13-27-24(28-21)30-16-14-29(15-17-30)23(31)20-6-5-12-26-22(20)32-4/h5-13H,14-17H2,1-4H3. The van der Waals surface area contributed by atoms with E-state index in [1.807, 2.05) is 35.6 Å². The van der Waals surface area contributed by atoms with Crippen molar-refractivity contribution in [2.45, 2.75) is 31.2 Å². The first-order chi connectivity index (χ1) is 15.4. The molecule has 7 heteroatoms. The highest BCUT2D eigenvalue weighted by Gasteiger charge is 2.25. The molecule has 0 bridgehead atoms. The van der Waals surface area contributed by atoms with Crippen molar-refractivity contribution in [3.8, 4) is 11.3 Å². The number of carbonyl (C=O) groups excluding carboxylic acids is 1. The molecule has 3 heterocycles. The molecular formula is C25H29N5OS. The van der Waals surface area contributed by atoms with E-state index in [9.17, 15) is 4.79 Å². The molecule has 0 N–H and O–H groups in total. The minimum Gasteiger partial charge on any atom is -0.337 e. The zero-order valence-electron chi connectivity index (χ0n) is 19.1. The molecule has 1 aliphatic rings. The van der Waals surface area contributed by atoms with Crippen LogP contribution in [0.4, 0.5) is 5.95 Å². The Balaban J connectivity index is 1.45. The Morgan fingerprint density at radius 3 is 2.31 bits per heavy atom. The highest BCUT2D eigenvalue weighted by atomic mass is 32.2. The van der Waals surface area contributed by atoms with Crippen LogP contribution in [0.2, 0.25) is 0 Å². The van der Waals surface area contributed by atoms with Crippen LogP contribution in [0.25, 0.3) is 11.3 Å². The van der Waals surface area contributed by atoms with Crippen LogP contribution in [-0.2, 0) is 5.41 Å². The van der Waals surface area contributed by atoms with E-state index in [2.05, 4.69) is 59.9 Å². The van der Waals surface area contributed by atoms with Crippen LogP contribution >= 0.6 is 11.8 Å². The van der Waals surface area contributed by atoms with E-state index in [-0.39, 0.29) is 11.3 Å². The zero-order valence-corrected chi connectivity index (χ0v) is 19.9. The zero-order chi connectivity index (χ0) is 22.7. The molecule has 0 saturated carbocycles. The summed E-state index contributed by atoms with van der Waals surface area (Å²) in [5.74, 6) is 0.747. The van der Waals surface area contributed by atoms with Gasteiger partial charge >= 0.3 is 0 Å². The maximum Gasteiger partial charge on any atom is 0.256 e. The lowest BCUT2D eigenvalue weighted by atomic mass is 9.86. The van der Waals surface area contributed by atoms with Crippen molar-refractivity contribution < 1.29 is 4.79 Å². The van der Waals surface area contributed by atoms with Crippen LogP contribution < -0.4 is 4.90 Å². The normalized spacial score (nSPS) is 14.5. The third-order valence-electron chi connectivity index (χ3n) is 5.73. The van der Waals surface area contributed by atoms with Gasteiger partial charge in [-0.15, -0.1) is 11.8 Å². The van der Waals surface area contributed by atoms with Crippen LogP contribution in [0.5, 0.6) is 0 Å². The van der Waals surface area contributed by atoms with Gasteiger partial charge in [-0.05, 0) is 35.4 Å². The predicted molar refractivity (Wildman–Crippen MR) is 130 cm³/mol. The maximum atomic E-state index is 13.0. The third-order valence-corrected chi connectivity index (χ3v) is 6.45. The van der Waals surface area contributed by atoms with Gasteiger partial charge in [0.1, 0.15) is 5.03 Å². The number of piperazine rings is 1. The van der Waals surface area contributed by atoms with Crippen molar-refractivity contribution in [2.24, 2.45) is 0 Å². The Morgan fingerprint density at radius 2 is 1.66 bits per heavy atom. The molecule has 0 unspecified atom stereocenters. The summed E-state index contributed by atoms with van der Waals surface area (Å²) in [7, 11) is 0. The van der Waals surface area contributed by atoms with Crippen LogP contribution in [0.3, 0.4) is 0 Å². The number of rotatable bonds is 4. The largest absolute Gasteiger partial charge is 0.337 e. The van der Waals surface area contributed by atoms with Crippen molar-refractivity contribution in [1.82, 2.24) is 19.9 Å². The highest BCUT2D eigenvalue weighted by Crippen LogP contribution is 2.26. The Bertz CT molecular complexity index is 1090.